The number of nitrogens with zero attached hydrogens (tertiary/aromatic N) is 2. The standard InChI is InChI=1S/C16H19N3O4/c1-12(23-15(21)13-7-3-6-10-19(13)22)14(20)18-16(11-17)8-4-2-5-9-16/h3,6-7,10,12H,2,4-5,8-9H2,1H3,(H,18,20)/t12-/m0/s1. The van der Waals surface area contributed by atoms with Gasteiger partial charge in [-0.15, -0.1) is 0 Å². The number of nitrogens with one attached hydrogen (secondary N) is 1. The number of ether oxygens (including phenoxy) is 1. The lowest BCUT2D eigenvalue weighted by molar-refractivity contribution is -0.608. The highest BCUT2D eigenvalue weighted by Crippen LogP contribution is 2.27. The summed E-state index contributed by atoms with van der Waals surface area (Å²) in [5.74, 6) is -1.41. The third kappa shape index (κ3) is 3.97. The smallest absolute Gasteiger partial charge is 0.405 e. The lowest BCUT2D eigenvalue weighted by atomic mass is 9.83. The van der Waals surface area contributed by atoms with E-state index >= 15 is 0 Å². The van der Waals surface area contributed by atoms with E-state index in [0.717, 1.165) is 19.3 Å². The Morgan fingerprint density at radius 2 is 2.09 bits per heavy atom. The van der Waals surface area contributed by atoms with E-state index in [1.807, 2.05) is 0 Å². The van der Waals surface area contributed by atoms with E-state index in [1.54, 1.807) is 0 Å². The van der Waals surface area contributed by atoms with E-state index < -0.39 is 23.5 Å². The lowest BCUT2D eigenvalue weighted by Crippen LogP contribution is -2.52. The molecule has 0 bridgehead atoms. The van der Waals surface area contributed by atoms with Crippen LogP contribution >= 0.6 is 0 Å². The largest absolute Gasteiger partial charge is 0.618 e. The van der Waals surface area contributed by atoms with E-state index in [4.69, 9.17) is 4.74 Å². The van der Waals surface area contributed by atoms with Gasteiger partial charge in [-0.1, -0.05) is 19.3 Å². The van der Waals surface area contributed by atoms with Crippen molar-refractivity contribution in [3.63, 3.8) is 0 Å². The zero-order chi connectivity index (χ0) is 16.9. The fraction of sp³-hybridized carbons (Fsp3) is 0.500. The first-order valence-electron chi connectivity index (χ1n) is 7.60. The van der Waals surface area contributed by atoms with Crippen molar-refractivity contribution in [2.45, 2.75) is 50.7 Å². The summed E-state index contributed by atoms with van der Waals surface area (Å²) in [7, 11) is 0. The number of pyridine rings is 1. The molecule has 0 radical (unpaired) electrons. The maximum atomic E-state index is 12.2. The topological polar surface area (TPSA) is 106 Å². The zero-order valence-electron chi connectivity index (χ0n) is 12.9. The van der Waals surface area contributed by atoms with Crippen molar-refractivity contribution < 1.29 is 19.1 Å². The molecule has 0 aromatic carbocycles. The van der Waals surface area contributed by atoms with E-state index in [2.05, 4.69) is 11.4 Å². The van der Waals surface area contributed by atoms with E-state index in [1.165, 1.54) is 31.3 Å². The van der Waals surface area contributed by atoms with Crippen LogP contribution in [-0.4, -0.2) is 23.5 Å². The lowest BCUT2D eigenvalue weighted by Gasteiger charge is -2.32. The van der Waals surface area contributed by atoms with Gasteiger partial charge < -0.3 is 15.3 Å². The van der Waals surface area contributed by atoms with Crippen molar-refractivity contribution in [1.82, 2.24) is 5.32 Å². The minimum atomic E-state index is -1.09. The minimum absolute atomic E-state index is 0.195. The quantitative estimate of drug-likeness (QED) is 0.510. The highest BCUT2D eigenvalue weighted by Gasteiger charge is 2.35. The molecule has 0 spiro atoms. The Morgan fingerprint density at radius 3 is 2.70 bits per heavy atom. The van der Waals surface area contributed by atoms with Gasteiger partial charge in [0.05, 0.1) is 6.07 Å². The van der Waals surface area contributed by atoms with Crippen LogP contribution in [0.5, 0.6) is 0 Å². The molecule has 1 amide bonds. The minimum Gasteiger partial charge on any atom is -0.618 e. The molecule has 1 aliphatic carbocycles. The summed E-state index contributed by atoms with van der Waals surface area (Å²) in [5, 5.41) is 23.5. The number of esters is 1. The number of hydrogen-bond acceptors (Lipinski definition) is 5. The molecule has 1 N–H and O–H groups in total. The van der Waals surface area contributed by atoms with Gasteiger partial charge in [0.1, 0.15) is 5.54 Å². The fourth-order valence-electron chi connectivity index (χ4n) is 2.62. The van der Waals surface area contributed by atoms with Crippen molar-refractivity contribution in [3.8, 4) is 6.07 Å². The maximum Gasteiger partial charge on any atom is 0.405 e. The number of hydrogen-bond donors (Lipinski definition) is 1. The van der Waals surface area contributed by atoms with Gasteiger partial charge >= 0.3 is 11.7 Å². The molecule has 122 valence electrons. The molecule has 23 heavy (non-hydrogen) atoms. The van der Waals surface area contributed by atoms with Crippen molar-refractivity contribution >= 4 is 11.9 Å². The van der Waals surface area contributed by atoms with Gasteiger partial charge in [0, 0.05) is 12.1 Å². The van der Waals surface area contributed by atoms with Gasteiger partial charge in [0.15, 0.2) is 12.3 Å². The summed E-state index contributed by atoms with van der Waals surface area (Å²) < 4.78 is 5.41. The van der Waals surface area contributed by atoms with E-state index in [0.29, 0.717) is 17.6 Å². The predicted octanol–water partition coefficient (Wildman–Crippen LogP) is 1.21. The van der Waals surface area contributed by atoms with Crippen LogP contribution in [0.4, 0.5) is 0 Å². The second-order valence-electron chi connectivity index (χ2n) is 5.70. The highest BCUT2D eigenvalue weighted by molar-refractivity contribution is 5.89. The van der Waals surface area contributed by atoms with Crippen LogP contribution in [0.2, 0.25) is 0 Å². The van der Waals surface area contributed by atoms with Gasteiger partial charge in [-0.25, -0.2) is 4.79 Å². The van der Waals surface area contributed by atoms with Crippen molar-refractivity contribution in [2.75, 3.05) is 0 Å². The molecule has 0 saturated heterocycles. The molecule has 0 aliphatic heterocycles. The summed E-state index contributed by atoms with van der Waals surface area (Å²) in [5.41, 5.74) is -1.08. The zero-order valence-corrected chi connectivity index (χ0v) is 12.9. The Balaban J connectivity index is 1.99. The Hall–Kier alpha value is -2.62. The molecule has 1 aromatic rings. The van der Waals surface area contributed by atoms with Gasteiger partial charge in [-0.2, -0.15) is 9.99 Å². The average molecular weight is 317 g/mol. The summed E-state index contributed by atoms with van der Waals surface area (Å²) >= 11 is 0. The molecule has 1 atom stereocenters. The summed E-state index contributed by atoms with van der Waals surface area (Å²) in [6.45, 7) is 1.42. The molecule has 1 heterocycles. The first kappa shape index (κ1) is 16.7. The maximum absolute atomic E-state index is 12.2. The van der Waals surface area contributed by atoms with Gasteiger partial charge in [0.25, 0.3) is 5.91 Å². The second-order valence-corrected chi connectivity index (χ2v) is 5.70. The number of carbonyl (C=O) groups excluding carboxylic acids is 2. The average Bonchev–Trinajstić information content (AvgIpc) is 2.55. The molecule has 1 aromatic heterocycles. The predicted molar refractivity (Wildman–Crippen MR) is 79.9 cm³/mol. The van der Waals surface area contributed by atoms with E-state index in [9.17, 15) is 20.1 Å². The molecule has 7 nitrogen and oxygen atoms in total. The first-order chi connectivity index (χ1) is 11.0. The Morgan fingerprint density at radius 1 is 1.39 bits per heavy atom. The van der Waals surface area contributed by atoms with Crippen LogP contribution in [-0.2, 0) is 9.53 Å². The van der Waals surface area contributed by atoms with Gasteiger partial charge in [0.2, 0.25) is 0 Å². The molecular weight excluding hydrogens is 298 g/mol. The second kappa shape index (κ2) is 7.09. The van der Waals surface area contributed by atoms with Crippen LogP contribution in [0.25, 0.3) is 0 Å². The van der Waals surface area contributed by atoms with Crippen LogP contribution in [0.3, 0.4) is 0 Å². The van der Waals surface area contributed by atoms with Crippen LogP contribution < -0.4 is 10.0 Å². The van der Waals surface area contributed by atoms with Crippen molar-refractivity contribution in [1.29, 1.82) is 5.26 Å². The van der Waals surface area contributed by atoms with Crippen LogP contribution in [0, 0.1) is 16.5 Å². The molecule has 2 rings (SSSR count). The molecule has 1 fully saturated rings. The Labute approximate surface area is 134 Å². The molecule has 1 aliphatic rings. The monoisotopic (exact) mass is 317 g/mol. The molecule has 1 saturated carbocycles. The van der Waals surface area contributed by atoms with Crippen LogP contribution in [0.15, 0.2) is 24.4 Å². The molecule has 0 unspecified atom stereocenters. The summed E-state index contributed by atoms with van der Waals surface area (Å²) in [4.78, 5) is 24.1. The number of aromatic nitrogens is 1. The van der Waals surface area contributed by atoms with Gasteiger partial charge in [-0.3, -0.25) is 4.79 Å². The van der Waals surface area contributed by atoms with Crippen molar-refractivity contribution in [2.24, 2.45) is 0 Å². The normalized spacial score (nSPS) is 17.6. The van der Waals surface area contributed by atoms with Crippen LogP contribution in [0.1, 0.15) is 49.5 Å². The number of nitriles is 1. The summed E-state index contributed by atoms with van der Waals surface area (Å²) in [6, 6.07) is 6.50. The molecule has 7 heteroatoms. The van der Waals surface area contributed by atoms with Gasteiger partial charge in [-0.05, 0) is 25.8 Å². The summed E-state index contributed by atoms with van der Waals surface area (Å²) in [6.07, 6.45) is 4.07. The Kier molecular flexibility index (Phi) is 5.16. The number of rotatable bonds is 4. The first-order valence-corrected chi connectivity index (χ1v) is 7.60. The Bertz CT molecular complexity index is 632. The SMILES string of the molecule is C[C@H](OC(=O)c1cccc[n+]1[O-])C(=O)NC1(C#N)CCCCC1. The third-order valence-electron chi connectivity index (χ3n) is 3.97. The molecular formula is C16H19N3O4. The van der Waals surface area contributed by atoms with E-state index in [-0.39, 0.29) is 5.69 Å². The highest BCUT2D eigenvalue weighted by atomic mass is 16.6. The third-order valence-corrected chi connectivity index (χ3v) is 3.97. The number of amides is 1. The fourth-order valence-corrected chi connectivity index (χ4v) is 2.62. The van der Waals surface area contributed by atoms with Crippen molar-refractivity contribution in [3.05, 3.63) is 35.3 Å². The number of carbonyl (C=O) groups is 2.